The van der Waals surface area contributed by atoms with Crippen molar-refractivity contribution in [1.82, 2.24) is 10.3 Å². The van der Waals surface area contributed by atoms with Crippen LogP contribution in [0.3, 0.4) is 0 Å². The van der Waals surface area contributed by atoms with Crippen molar-refractivity contribution in [2.45, 2.75) is 17.6 Å². The van der Waals surface area contributed by atoms with Crippen molar-refractivity contribution in [3.8, 4) is 0 Å². The summed E-state index contributed by atoms with van der Waals surface area (Å²) in [4.78, 5) is 4.17. The van der Waals surface area contributed by atoms with Crippen LogP contribution in [0.5, 0.6) is 0 Å². The van der Waals surface area contributed by atoms with Crippen LogP contribution in [-0.4, -0.2) is 24.3 Å². The summed E-state index contributed by atoms with van der Waals surface area (Å²) in [5.41, 5.74) is 6.66. The van der Waals surface area contributed by atoms with Gasteiger partial charge in [0.25, 0.3) is 0 Å². The molecule has 0 aliphatic heterocycles. The summed E-state index contributed by atoms with van der Waals surface area (Å²) in [5, 5.41) is 3.80. The molecular formula is C8H15N3S2. The summed E-state index contributed by atoms with van der Waals surface area (Å²) in [5.74, 6) is 1.13. The highest BCUT2D eigenvalue weighted by Gasteiger charge is 2.04. The molecule has 5 heteroatoms. The first kappa shape index (κ1) is 10.8. The van der Waals surface area contributed by atoms with E-state index in [2.05, 4.69) is 10.3 Å². The maximum absolute atomic E-state index is 5.59. The zero-order valence-corrected chi connectivity index (χ0v) is 9.60. The average Bonchev–Trinajstić information content (AvgIpc) is 2.39. The molecule has 1 aromatic rings. The van der Waals surface area contributed by atoms with E-state index in [0.29, 0.717) is 5.13 Å². The van der Waals surface area contributed by atoms with Gasteiger partial charge in [0.1, 0.15) is 0 Å². The van der Waals surface area contributed by atoms with Crippen molar-refractivity contribution in [3.05, 3.63) is 5.69 Å². The predicted molar refractivity (Wildman–Crippen MR) is 60.5 cm³/mol. The van der Waals surface area contributed by atoms with E-state index < -0.39 is 0 Å². The Morgan fingerprint density at radius 2 is 2.38 bits per heavy atom. The molecule has 1 heterocycles. The number of nitrogens with zero attached hydrogens (tertiary/aromatic N) is 1. The van der Waals surface area contributed by atoms with Gasteiger partial charge in [0, 0.05) is 5.75 Å². The van der Waals surface area contributed by atoms with Crippen LogP contribution in [0.15, 0.2) is 4.21 Å². The first-order chi connectivity index (χ1) is 6.24. The van der Waals surface area contributed by atoms with Gasteiger partial charge in [0.05, 0.1) is 9.90 Å². The lowest BCUT2D eigenvalue weighted by molar-refractivity contribution is 0.778. The fourth-order valence-electron chi connectivity index (χ4n) is 0.950. The number of anilines is 1. The molecule has 74 valence electrons. The second kappa shape index (κ2) is 5.47. The van der Waals surface area contributed by atoms with Gasteiger partial charge < -0.3 is 11.1 Å². The lowest BCUT2D eigenvalue weighted by Crippen LogP contribution is -2.07. The van der Waals surface area contributed by atoms with Gasteiger partial charge in [-0.3, -0.25) is 0 Å². The molecule has 1 aromatic heterocycles. The number of thiazole rings is 1. The van der Waals surface area contributed by atoms with Crippen molar-refractivity contribution in [2.75, 3.05) is 25.1 Å². The summed E-state index contributed by atoms with van der Waals surface area (Å²) in [6.45, 7) is 3.08. The number of hydrogen-bond donors (Lipinski definition) is 2. The molecule has 0 aliphatic carbocycles. The fraction of sp³-hybridized carbons (Fsp3) is 0.625. The SMILES string of the molecule is CNCCCSc1sc(N)nc1C. The Morgan fingerprint density at radius 3 is 2.92 bits per heavy atom. The van der Waals surface area contributed by atoms with Gasteiger partial charge in [-0.15, -0.1) is 11.8 Å². The maximum atomic E-state index is 5.59. The van der Waals surface area contributed by atoms with Crippen LogP contribution < -0.4 is 11.1 Å². The van der Waals surface area contributed by atoms with E-state index in [1.807, 2.05) is 25.7 Å². The molecule has 0 fully saturated rings. The van der Waals surface area contributed by atoms with E-state index in [0.717, 1.165) is 18.0 Å². The average molecular weight is 217 g/mol. The second-order valence-electron chi connectivity index (χ2n) is 2.73. The number of thioether (sulfide) groups is 1. The Labute approximate surface area is 87.1 Å². The Kier molecular flexibility index (Phi) is 4.55. The molecule has 3 N–H and O–H groups in total. The summed E-state index contributed by atoms with van der Waals surface area (Å²) in [6, 6.07) is 0. The highest BCUT2D eigenvalue weighted by Crippen LogP contribution is 2.30. The number of nitrogens with one attached hydrogen (secondary N) is 1. The molecule has 0 bridgehead atoms. The van der Waals surface area contributed by atoms with Crippen LogP contribution >= 0.6 is 23.1 Å². The molecule has 1 rings (SSSR count). The van der Waals surface area contributed by atoms with Crippen molar-refractivity contribution in [1.29, 1.82) is 0 Å². The number of rotatable bonds is 5. The van der Waals surface area contributed by atoms with Gasteiger partial charge in [0.2, 0.25) is 0 Å². The topological polar surface area (TPSA) is 50.9 Å². The zero-order valence-electron chi connectivity index (χ0n) is 7.96. The highest BCUT2D eigenvalue weighted by atomic mass is 32.2. The minimum absolute atomic E-state index is 0.675. The summed E-state index contributed by atoms with van der Waals surface area (Å²) in [6.07, 6.45) is 1.18. The Morgan fingerprint density at radius 1 is 1.62 bits per heavy atom. The third-order valence-corrected chi connectivity index (χ3v) is 4.01. The highest BCUT2D eigenvalue weighted by molar-refractivity contribution is 8.01. The van der Waals surface area contributed by atoms with E-state index in [1.165, 1.54) is 10.6 Å². The van der Waals surface area contributed by atoms with E-state index in [9.17, 15) is 0 Å². The van der Waals surface area contributed by atoms with Gasteiger partial charge in [-0.25, -0.2) is 4.98 Å². The lowest BCUT2D eigenvalue weighted by atomic mass is 10.5. The van der Waals surface area contributed by atoms with Crippen LogP contribution in [0, 0.1) is 6.92 Å². The largest absolute Gasteiger partial charge is 0.375 e. The Bertz CT molecular complexity index is 260. The molecule has 0 aliphatic rings. The van der Waals surface area contributed by atoms with E-state index in [1.54, 1.807) is 11.3 Å². The molecule has 0 atom stereocenters. The molecule has 0 saturated heterocycles. The number of nitrogen functional groups attached to an aromatic ring is 1. The van der Waals surface area contributed by atoms with Crippen LogP contribution in [0.4, 0.5) is 5.13 Å². The van der Waals surface area contributed by atoms with E-state index >= 15 is 0 Å². The van der Waals surface area contributed by atoms with Gasteiger partial charge in [0.15, 0.2) is 5.13 Å². The Hall–Kier alpha value is -0.260. The normalized spacial score (nSPS) is 10.6. The van der Waals surface area contributed by atoms with Gasteiger partial charge in [-0.2, -0.15) is 0 Å². The quantitative estimate of drug-likeness (QED) is 0.582. The zero-order chi connectivity index (χ0) is 9.68. The molecule has 0 amide bonds. The van der Waals surface area contributed by atoms with E-state index in [4.69, 9.17) is 5.73 Å². The van der Waals surface area contributed by atoms with Crippen LogP contribution in [0.1, 0.15) is 12.1 Å². The van der Waals surface area contributed by atoms with Crippen molar-refractivity contribution in [2.24, 2.45) is 0 Å². The molecule has 0 spiro atoms. The van der Waals surface area contributed by atoms with Crippen LogP contribution in [-0.2, 0) is 0 Å². The van der Waals surface area contributed by atoms with E-state index in [-0.39, 0.29) is 0 Å². The number of aromatic nitrogens is 1. The first-order valence-electron chi connectivity index (χ1n) is 4.24. The second-order valence-corrected chi connectivity index (χ2v) is 5.12. The number of nitrogens with two attached hydrogens (primary N) is 1. The third-order valence-electron chi connectivity index (χ3n) is 1.57. The van der Waals surface area contributed by atoms with Crippen molar-refractivity contribution >= 4 is 28.2 Å². The minimum atomic E-state index is 0.675. The smallest absolute Gasteiger partial charge is 0.181 e. The summed E-state index contributed by atoms with van der Waals surface area (Å²) < 4.78 is 1.26. The standard InChI is InChI=1S/C8H15N3S2/c1-6-7(13-8(9)11-6)12-5-3-4-10-2/h10H,3-5H2,1-2H3,(H2,9,11). The molecule has 0 aromatic carbocycles. The number of hydrogen-bond acceptors (Lipinski definition) is 5. The van der Waals surface area contributed by atoms with Crippen molar-refractivity contribution in [3.63, 3.8) is 0 Å². The van der Waals surface area contributed by atoms with Gasteiger partial charge in [-0.05, 0) is 26.9 Å². The lowest BCUT2D eigenvalue weighted by Gasteiger charge is -1.98. The molecule has 0 saturated carbocycles. The van der Waals surface area contributed by atoms with Crippen LogP contribution in [0.2, 0.25) is 0 Å². The molecule has 13 heavy (non-hydrogen) atoms. The monoisotopic (exact) mass is 217 g/mol. The molecule has 3 nitrogen and oxygen atoms in total. The van der Waals surface area contributed by atoms with Crippen LogP contribution in [0.25, 0.3) is 0 Å². The predicted octanol–water partition coefficient (Wildman–Crippen LogP) is 1.74. The van der Waals surface area contributed by atoms with Gasteiger partial charge in [-0.1, -0.05) is 11.3 Å². The Balaban J connectivity index is 2.32. The maximum Gasteiger partial charge on any atom is 0.181 e. The summed E-state index contributed by atoms with van der Waals surface area (Å²) >= 11 is 3.43. The van der Waals surface area contributed by atoms with Crippen molar-refractivity contribution < 1.29 is 0 Å². The first-order valence-corrected chi connectivity index (χ1v) is 6.04. The molecule has 0 radical (unpaired) electrons. The number of aryl methyl sites for hydroxylation is 1. The molecular weight excluding hydrogens is 202 g/mol. The fourth-order valence-corrected chi connectivity index (χ4v) is 2.99. The van der Waals surface area contributed by atoms with Gasteiger partial charge >= 0.3 is 0 Å². The summed E-state index contributed by atoms with van der Waals surface area (Å²) in [7, 11) is 1.97. The third kappa shape index (κ3) is 3.54. The minimum Gasteiger partial charge on any atom is -0.375 e. The molecule has 0 unspecified atom stereocenters.